The van der Waals surface area contributed by atoms with Crippen molar-refractivity contribution in [3.63, 3.8) is 0 Å². The van der Waals surface area contributed by atoms with Crippen LogP contribution in [0.2, 0.25) is 0 Å². The zero-order valence-corrected chi connectivity index (χ0v) is 23.0. The molecule has 0 atom stereocenters. The molecule has 0 fully saturated rings. The van der Waals surface area contributed by atoms with Crippen LogP contribution in [-0.4, -0.2) is 0 Å². The molecule has 0 bridgehead atoms. The second-order valence-corrected chi connectivity index (χ2v) is 10.9. The van der Waals surface area contributed by atoms with Crippen LogP contribution >= 0.6 is 34.0 Å². The standard InChI is InChI=1S/2C8H12S.C6H8S.C4H8/c2*1-5-6(2)8(4)9-7(5)3;1-5-3-7-4-6(5)2;1-3-4-2/h2*1-4H3;3-4H,1-2H3;3-4H,1-2H3/b;;;4-3-. The highest BCUT2D eigenvalue weighted by Crippen LogP contribution is 2.25. The number of rotatable bonds is 0. The zero-order valence-electron chi connectivity index (χ0n) is 20.5. The molecule has 0 aliphatic heterocycles. The fourth-order valence-corrected chi connectivity index (χ4v) is 5.24. The molecule has 3 heterocycles. The van der Waals surface area contributed by atoms with Crippen molar-refractivity contribution in [1.82, 2.24) is 0 Å². The quantitative estimate of drug-likeness (QED) is 0.300. The Balaban J connectivity index is 0.000000375. The van der Waals surface area contributed by atoms with E-state index < -0.39 is 0 Å². The summed E-state index contributed by atoms with van der Waals surface area (Å²) in [6, 6.07) is 0. The molecule has 0 nitrogen and oxygen atoms in total. The fourth-order valence-electron chi connectivity index (χ4n) is 2.25. The van der Waals surface area contributed by atoms with E-state index in [2.05, 4.69) is 80.0 Å². The minimum Gasteiger partial charge on any atom is -0.152 e. The number of allylic oxidation sites excluding steroid dienone is 2. The van der Waals surface area contributed by atoms with Gasteiger partial charge in [-0.25, -0.2) is 0 Å². The van der Waals surface area contributed by atoms with Gasteiger partial charge in [-0.05, 0) is 127 Å². The third-order valence-corrected chi connectivity index (χ3v) is 8.72. The van der Waals surface area contributed by atoms with Crippen molar-refractivity contribution in [1.29, 1.82) is 0 Å². The Labute approximate surface area is 192 Å². The summed E-state index contributed by atoms with van der Waals surface area (Å²) in [6.45, 7) is 25.7. The van der Waals surface area contributed by atoms with Crippen LogP contribution in [0.3, 0.4) is 0 Å². The number of aryl methyl sites for hydroxylation is 6. The smallest absolute Gasteiger partial charge is 0.00489 e. The summed E-state index contributed by atoms with van der Waals surface area (Å²) in [5.41, 5.74) is 8.69. The molecule has 0 unspecified atom stereocenters. The minimum absolute atomic E-state index is 1.41. The van der Waals surface area contributed by atoms with Crippen molar-refractivity contribution in [3.05, 3.63) is 75.8 Å². The van der Waals surface area contributed by atoms with Gasteiger partial charge in [-0.2, -0.15) is 11.3 Å². The largest absolute Gasteiger partial charge is 0.152 e. The average molecular weight is 449 g/mol. The zero-order chi connectivity index (χ0) is 22.7. The summed E-state index contributed by atoms with van der Waals surface area (Å²) < 4.78 is 0. The average Bonchev–Trinajstić information content (AvgIpc) is 3.25. The molecule has 3 rings (SSSR count). The third kappa shape index (κ3) is 9.46. The molecule has 0 amide bonds. The van der Waals surface area contributed by atoms with Crippen LogP contribution in [0.5, 0.6) is 0 Å². The van der Waals surface area contributed by atoms with Crippen molar-refractivity contribution in [2.24, 2.45) is 0 Å². The molecule has 3 aromatic heterocycles. The van der Waals surface area contributed by atoms with E-state index in [4.69, 9.17) is 0 Å². The number of thiophene rings is 3. The summed E-state index contributed by atoms with van der Waals surface area (Å²) in [5, 5.41) is 4.32. The van der Waals surface area contributed by atoms with Gasteiger partial charge in [0.15, 0.2) is 0 Å². The van der Waals surface area contributed by atoms with E-state index >= 15 is 0 Å². The Morgan fingerprint density at radius 2 is 0.724 bits per heavy atom. The van der Waals surface area contributed by atoms with Gasteiger partial charge in [-0.3, -0.25) is 0 Å². The molecular formula is C26H40S3. The van der Waals surface area contributed by atoms with Gasteiger partial charge < -0.3 is 0 Å². The first kappa shape index (κ1) is 27.8. The Bertz CT molecular complexity index is 770. The predicted molar refractivity (Wildman–Crippen MR) is 141 cm³/mol. The molecule has 0 spiro atoms. The Hall–Kier alpha value is -1.16. The predicted octanol–water partition coefficient (Wildman–Crippen LogP) is 9.91. The van der Waals surface area contributed by atoms with Gasteiger partial charge in [-0.15, -0.1) is 22.7 Å². The molecule has 3 heteroatoms. The van der Waals surface area contributed by atoms with Gasteiger partial charge in [0.05, 0.1) is 0 Å². The maximum absolute atomic E-state index is 2.19. The Morgan fingerprint density at radius 1 is 0.483 bits per heavy atom. The van der Waals surface area contributed by atoms with Gasteiger partial charge in [0.2, 0.25) is 0 Å². The topological polar surface area (TPSA) is 0 Å². The summed E-state index contributed by atoms with van der Waals surface area (Å²) in [6.07, 6.45) is 4.00. The van der Waals surface area contributed by atoms with E-state index in [-0.39, 0.29) is 0 Å². The highest BCUT2D eigenvalue weighted by Gasteiger charge is 2.03. The summed E-state index contributed by atoms with van der Waals surface area (Å²) in [5.74, 6) is 0. The number of hydrogen-bond donors (Lipinski definition) is 0. The summed E-state index contributed by atoms with van der Waals surface area (Å²) in [7, 11) is 0. The molecule has 0 aromatic carbocycles. The molecular weight excluding hydrogens is 408 g/mol. The van der Waals surface area contributed by atoms with E-state index in [1.54, 1.807) is 11.3 Å². The third-order valence-electron chi connectivity index (χ3n) is 5.29. The molecule has 0 N–H and O–H groups in total. The first-order chi connectivity index (χ1) is 13.5. The van der Waals surface area contributed by atoms with Crippen LogP contribution in [0.25, 0.3) is 0 Å². The SMILES string of the molecule is C/C=C\C.Cc1cscc1C.Cc1sc(C)c(C)c1C.Cc1sc(C)c(C)c1C. The van der Waals surface area contributed by atoms with Crippen molar-refractivity contribution < 1.29 is 0 Å². The first-order valence-electron chi connectivity index (χ1n) is 10.1. The van der Waals surface area contributed by atoms with Gasteiger partial charge in [0.25, 0.3) is 0 Å². The van der Waals surface area contributed by atoms with Crippen LogP contribution in [0.1, 0.15) is 66.7 Å². The van der Waals surface area contributed by atoms with E-state index in [1.165, 1.54) is 52.9 Å². The minimum atomic E-state index is 1.41. The monoisotopic (exact) mass is 448 g/mol. The summed E-state index contributed by atoms with van der Waals surface area (Å²) >= 11 is 5.56. The highest BCUT2D eigenvalue weighted by atomic mass is 32.1. The van der Waals surface area contributed by atoms with Crippen LogP contribution < -0.4 is 0 Å². The van der Waals surface area contributed by atoms with E-state index in [9.17, 15) is 0 Å². The second-order valence-electron chi connectivity index (χ2n) is 7.33. The first-order valence-corrected chi connectivity index (χ1v) is 12.7. The van der Waals surface area contributed by atoms with E-state index in [0.29, 0.717) is 0 Å². The summed E-state index contributed by atoms with van der Waals surface area (Å²) in [4.78, 5) is 5.85. The van der Waals surface area contributed by atoms with Crippen molar-refractivity contribution in [2.45, 2.75) is 83.1 Å². The van der Waals surface area contributed by atoms with Gasteiger partial charge in [0.1, 0.15) is 0 Å². The molecule has 0 saturated heterocycles. The van der Waals surface area contributed by atoms with Gasteiger partial charge in [0, 0.05) is 19.5 Å². The van der Waals surface area contributed by atoms with Crippen molar-refractivity contribution in [2.75, 3.05) is 0 Å². The normalized spacial score (nSPS) is 9.93. The van der Waals surface area contributed by atoms with E-state index in [1.807, 2.05) is 48.7 Å². The van der Waals surface area contributed by atoms with Crippen LogP contribution in [0.15, 0.2) is 22.9 Å². The number of hydrogen-bond acceptors (Lipinski definition) is 3. The lowest BCUT2D eigenvalue weighted by Crippen LogP contribution is -1.73. The van der Waals surface area contributed by atoms with Crippen molar-refractivity contribution >= 4 is 34.0 Å². The van der Waals surface area contributed by atoms with Crippen LogP contribution in [0.4, 0.5) is 0 Å². The maximum atomic E-state index is 2.19. The molecule has 0 aliphatic carbocycles. The van der Waals surface area contributed by atoms with Crippen molar-refractivity contribution in [3.8, 4) is 0 Å². The van der Waals surface area contributed by atoms with Crippen LogP contribution in [-0.2, 0) is 0 Å². The Morgan fingerprint density at radius 3 is 0.793 bits per heavy atom. The highest BCUT2D eigenvalue weighted by molar-refractivity contribution is 7.12. The molecule has 3 aromatic rings. The lowest BCUT2D eigenvalue weighted by Gasteiger charge is -1.88. The van der Waals surface area contributed by atoms with E-state index in [0.717, 1.165) is 0 Å². The lowest BCUT2D eigenvalue weighted by molar-refractivity contribution is 1.32. The maximum Gasteiger partial charge on any atom is 0.00489 e. The molecule has 162 valence electrons. The lowest BCUT2D eigenvalue weighted by atomic mass is 10.2. The second kappa shape index (κ2) is 14.0. The molecule has 29 heavy (non-hydrogen) atoms. The van der Waals surface area contributed by atoms with Gasteiger partial charge >= 0.3 is 0 Å². The Kier molecular flexibility index (Phi) is 13.4. The molecule has 0 saturated carbocycles. The molecule has 0 aliphatic rings. The molecule has 0 radical (unpaired) electrons. The van der Waals surface area contributed by atoms with Crippen LogP contribution in [0, 0.1) is 69.2 Å². The van der Waals surface area contributed by atoms with Gasteiger partial charge in [-0.1, -0.05) is 12.2 Å². The fraction of sp³-hybridized carbons (Fsp3) is 0.462.